The summed E-state index contributed by atoms with van der Waals surface area (Å²) in [5.74, 6) is 5.24. The van der Waals surface area contributed by atoms with Crippen molar-refractivity contribution < 1.29 is 16.8 Å². The number of rotatable bonds is 4. The van der Waals surface area contributed by atoms with E-state index in [9.17, 15) is 16.8 Å². The van der Waals surface area contributed by atoms with E-state index in [1.165, 1.54) is 12.3 Å². The van der Waals surface area contributed by atoms with Gasteiger partial charge in [0.25, 0.3) is 10.0 Å². The van der Waals surface area contributed by atoms with Crippen LogP contribution in [0.1, 0.15) is 12.8 Å². The number of sulfonamides is 1. The van der Waals surface area contributed by atoms with Crippen molar-refractivity contribution in [3.05, 3.63) is 18.3 Å². The van der Waals surface area contributed by atoms with Gasteiger partial charge >= 0.3 is 0 Å². The van der Waals surface area contributed by atoms with Crippen molar-refractivity contribution in [3.8, 4) is 0 Å². The summed E-state index contributed by atoms with van der Waals surface area (Å²) in [7, 11) is -6.87. The van der Waals surface area contributed by atoms with Crippen molar-refractivity contribution in [1.82, 2.24) is 9.71 Å². The maximum atomic E-state index is 12.2. The largest absolute Gasteiger partial charge is 0.321 e. The molecule has 112 valence electrons. The predicted octanol–water partition coefficient (Wildman–Crippen LogP) is -0.777. The van der Waals surface area contributed by atoms with Crippen LogP contribution in [-0.4, -0.2) is 39.4 Å². The molecule has 2 rings (SSSR count). The molecule has 10 heteroatoms. The second kappa shape index (κ2) is 5.64. The molecule has 2 heterocycles. The second-order valence-corrected chi connectivity index (χ2v) is 8.48. The maximum absolute atomic E-state index is 12.2. The van der Waals surface area contributed by atoms with Gasteiger partial charge in [0.15, 0.2) is 5.03 Å². The van der Waals surface area contributed by atoms with E-state index in [2.05, 4.69) is 15.1 Å². The summed E-state index contributed by atoms with van der Waals surface area (Å²) in [6.45, 7) is 0. The monoisotopic (exact) mass is 320 g/mol. The lowest BCUT2D eigenvalue weighted by Crippen LogP contribution is -2.41. The summed E-state index contributed by atoms with van der Waals surface area (Å²) >= 11 is 0. The van der Waals surface area contributed by atoms with E-state index < -0.39 is 25.9 Å². The van der Waals surface area contributed by atoms with Gasteiger partial charge in [0, 0.05) is 12.2 Å². The van der Waals surface area contributed by atoms with Crippen molar-refractivity contribution in [1.29, 1.82) is 0 Å². The first kappa shape index (κ1) is 15.2. The number of nitrogen functional groups attached to an aromatic ring is 1. The lowest BCUT2D eigenvalue weighted by atomic mass is 10.2. The zero-order valence-electron chi connectivity index (χ0n) is 10.6. The smallest absolute Gasteiger partial charge is 0.260 e. The van der Waals surface area contributed by atoms with E-state index in [4.69, 9.17) is 5.84 Å². The van der Waals surface area contributed by atoms with Gasteiger partial charge in [-0.25, -0.2) is 26.5 Å². The van der Waals surface area contributed by atoms with Gasteiger partial charge in [-0.2, -0.15) is 0 Å². The number of anilines is 1. The van der Waals surface area contributed by atoms with E-state index in [-0.39, 0.29) is 35.1 Å². The van der Waals surface area contributed by atoms with Gasteiger partial charge < -0.3 is 5.43 Å². The van der Waals surface area contributed by atoms with Crippen molar-refractivity contribution in [2.45, 2.75) is 23.9 Å². The Bertz CT molecular complexity index is 673. The standard InChI is InChI=1S/C10H16N4O4S2/c11-13-9-2-1-5-12-10(9)20(17,18)14-8-3-6-19(15,16)7-4-8/h1-2,5,8,13-14H,3-4,6-7,11H2. The molecule has 0 amide bonds. The quantitative estimate of drug-likeness (QED) is 0.490. The average Bonchev–Trinajstić information content (AvgIpc) is 2.41. The Hall–Kier alpha value is -1.23. The molecule has 0 aromatic carbocycles. The number of nitrogens with two attached hydrogens (primary N) is 1. The van der Waals surface area contributed by atoms with Crippen LogP contribution >= 0.6 is 0 Å². The number of hydrazine groups is 1. The molecule has 1 fully saturated rings. The van der Waals surface area contributed by atoms with Crippen LogP contribution in [0, 0.1) is 0 Å². The number of hydrogen-bond acceptors (Lipinski definition) is 7. The Morgan fingerprint density at radius 1 is 1.30 bits per heavy atom. The topological polar surface area (TPSA) is 131 Å². The Kier molecular flexibility index (Phi) is 4.28. The molecular formula is C10H16N4O4S2. The molecule has 20 heavy (non-hydrogen) atoms. The van der Waals surface area contributed by atoms with Crippen molar-refractivity contribution >= 4 is 25.5 Å². The number of hydrogen-bond donors (Lipinski definition) is 3. The van der Waals surface area contributed by atoms with Crippen molar-refractivity contribution in [2.24, 2.45) is 5.84 Å². The van der Waals surface area contributed by atoms with Crippen molar-refractivity contribution in [3.63, 3.8) is 0 Å². The van der Waals surface area contributed by atoms with Gasteiger partial charge in [-0.15, -0.1) is 0 Å². The summed E-state index contributed by atoms with van der Waals surface area (Å²) in [6, 6.07) is 2.64. The number of nitrogens with zero attached hydrogens (tertiary/aromatic N) is 1. The minimum Gasteiger partial charge on any atom is -0.321 e. The van der Waals surface area contributed by atoms with Gasteiger partial charge in [-0.05, 0) is 25.0 Å². The Morgan fingerprint density at radius 2 is 1.95 bits per heavy atom. The summed E-state index contributed by atoms with van der Waals surface area (Å²) in [4.78, 5) is 3.80. The van der Waals surface area contributed by atoms with E-state index >= 15 is 0 Å². The molecular weight excluding hydrogens is 304 g/mol. The zero-order chi connectivity index (χ0) is 14.8. The highest BCUT2D eigenvalue weighted by atomic mass is 32.2. The second-order valence-electron chi connectivity index (χ2n) is 4.55. The van der Waals surface area contributed by atoms with Gasteiger partial charge in [-0.1, -0.05) is 0 Å². The minimum absolute atomic E-state index is 0.00952. The first-order valence-electron chi connectivity index (χ1n) is 5.98. The van der Waals surface area contributed by atoms with Crippen LogP contribution < -0.4 is 16.0 Å². The molecule has 0 unspecified atom stereocenters. The maximum Gasteiger partial charge on any atom is 0.260 e. The van der Waals surface area contributed by atoms with E-state index in [0.29, 0.717) is 0 Å². The average molecular weight is 320 g/mol. The van der Waals surface area contributed by atoms with E-state index in [1.807, 2.05) is 0 Å². The molecule has 0 atom stereocenters. The summed E-state index contributed by atoms with van der Waals surface area (Å²) in [6.07, 6.45) is 1.88. The molecule has 8 nitrogen and oxygen atoms in total. The normalized spacial score (nSPS) is 19.6. The predicted molar refractivity (Wildman–Crippen MR) is 74.0 cm³/mol. The van der Waals surface area contributed by atoms with E-state index in [0.717, 1.165) is 0 Å². The molecule has 4 N–H and O–H groups in total. The van der Waals surface area contributed by atoms with Crippen LogP contribution in [-0.2, 0) is 19.9 Å². The number of pyridine rings is 1. The molecule has 0 aliphatic carbocycles. The van der Waals surface area contributed by atoms with Crippen LogP contribution in [0.25, 0.3) is 0 Å². The van der Waals surface area contributed by atoms with Crippen LogP contribution in [0.5, 0.6) is 0 Å². The van der Waals surface area contributed by atoms with Crippen LogP contribution in [0.15, 0.2) is 23.4 Å². The fourth-order valence-electron chi connectivity index (χ4n) is 2.00. The molecule has 1 aliphatic heterocycles. The molecule has 1 aromatic rings. The van der Waals surface area contributed by atoms with E-state index in [1.54, 1.807) is 6.07 Å². The summed E-state index contributed by atoms with van der Waals surface area (Å²) < 4.78 is 49.6. The summed E-state index contributed by atoms with van der Waals surface area (Å²) in [5, 5.41) is -0.198. The first-order chi connectivity index (χ1) is 9.34. The number of nitrogens with one attached hydrogen (secondary N) is 2. The molecule has 0 saturated carbocycles. The highest BCUT2D eigenvalue weighted by Gasteiger charge is 2.29. The van der Waals surface area contributed by atoms with Gasteiger partial charge in [-0.3, -0.25) is 5.84 Å². The van der Waals surface area contributed by atoms with Crippen LogP contribution in [0.3, 0.4) is 0 Å². The Labute approximate surface area is 117 Å². The lowest BCUT2D eigenvalue weighted by Gasteiger charge is -2.23. The molecule has 1 aromatic heterocycles. The third-order valence-corrected chi connectivity index (χ3v) is 6.25. The Balaban J connectivity index is 2.16. The zero-order valence-corrected chi connectivity index (χ0v) is 12.2. The van der Waals surface area contributed by atoms with Gasteiger partial charge in [0.1, 0.15) is 9.84 Å². The fraction of sp³-hybridized carbons (Fsp3) is 0.500. The number of sulfone groups is 1. The molecule has 1 saturated heterocycles. The molecule has 0 radical (unpaired) electrons. The highest BCUT2D eigenvalue weighted by molar-refractivity contribution is 7.91. The van der Waals surface area contributed by atoms with Crippen molar-refractivity contribution in [2.75, 3.05) is 16.9 Å². The van der Waals surface area contributed by atoms with Crippen LogP contribution in [0.4, 0.5) is 5.69 Å². The minimum atomic E-state index is -3.84. The first-order valence-corrected chi connectivity index (χ1v) is 9.29. The third-order valence-electron chi connectivity index (χ3n) is 3.06. The van der Waals surface area contributed by atoms with Crippen LogP contribution in [0.2, 0.25) is 0 Å². The molecule has 1 aliphatic rings. The fourth-order valence-corrected chi connectivity index (χ4v) is 4.89. The summed E-state index contributed by atoms with van der Waals surface area (Å²) in [5.41, 5.74) is 2.46. The molecule has 0 bridgehead atoms. The van der Waals surface area contributed by atoms with Gasteiger partial charge in [0.05, 0.1) is 17.2 Å². The third kappa shape index (κ3) is 3.45. The molecule has 0 spiro atoms. The van der Waals surface area contributed by atoms with Gasteiger partial charge in [0.2, 0.25) is 0 Å². The highest BCUT2D eigenvalue weighted by Crippen LogP contribution is 2.19. The lowest BCUT2D eigenvalue weighted by molar-refractivity contribution is 0.504. The SMILES string of the molecule is NNc1cccnc1S(=O)(=O)NC1CCS(=O)(=O)CC1. The Morgan fingerprint density at radius 3 is 2.55 bits per heavy atom. The number of aromatic nitrogens is 1.